The number of aromatic nitrogens is 2. The van der Waals surface area contributed by atoms with Gasteiger partial charge in [-0.1, -0.05) is 12.1 Å². The van der Waals surface area contributed by atoms with Crippen LogP contribution in [0.4, 0.5) is 10.9 Å². The summed E-state index contributed by atoms with van der Waals surface area (Å²) in [5, 5.41) is 6.38. The van der Waals surface area contributed by atoms with Crippen molar-refractivity contribution in [3.63, 3.8) is 0 Å². The van der Waals surface area contributed by atoms with E-state index in [1.165, 1.54) is 33.0 Å². The molecule has 3 heterocycles. The average molecular weight is 416 g/mol. The molecule has 1 N–H and O–H groups in total. The van der Waals surface area contributed by atoms with Crippen LogP contribution in [0.5, 0.6) is 0 Å². The van der Waals surface area contributed by atoms with Gasteiger partial charge in [-0.15, -0.1) is 11.3 Å². The highest BCUT2D eigenvalue weighted by Gasteiger charge is 2.24. The number of hydrogen-bond acceptors (Lipinski definition) is 7. The Morgan fingerprint density at radius 3 is 2.68 bits per heavy atom. The van der Waals surface area contributed by atoms with Gasteiger partial charge in [0.05, 0.1) is 10.4 Å². The van der Waals surface area contributed by atoms with E-state index in [0.717, 1.165) is 24.6 Å². The molecule has 146 valence electrons. The van der Waals surface area contributed by atoms with E-state index in [-0.39, 0.29) is 24.7 Å². The van der Waals surface area contributed by atoms with E-state index in [9.17, 15) is 9.59 Å². The fourth-order valence-corrected chi connectivity index (χ4v) is 4.74. The number of nitrogens with zero attached hydrogens (tertiary/aromatic N) is 4. The zero-order valence-corrected chi connectivity index (χ0v) is 17.2. The van der Waals surface area contributed by atoms with Gasteiger partial charge in [0.2, 0.25) is 11.8 Å². The fraction of sp³-hybridized carbons (Fsp3) is 0.368. The molecule has 4 rings (SSSR count). The van der Waals surface area contributed by atoms with Gasteiger partial charge in [-0.3, -0.25) is 9.59 Å². The molecule has 1 aliphatic heterocycles. The summed E-state index contributed by atoms with van der Waals surface area (Å²) in [6, 6.07) is 8.22. The van der Waals surface area contributed by atoms with Crippen molar-refractivity contribution in [1.82, 2.24) is 14.3 Å². The number of amides is 2. The van der Waals surface area contributed by atoms with Crippen LogP contribution in [0.15, 0.2) is 29.6 Å². The van der Waals surface area contributed by atoms with Crippen LogP contribution in [0.2, 0.25) is 0 Å². The maximum Gasteiger partial charge on any atom is 0.226 e. The number of hydrogen-bond donors (Lipinski definition) is 1. The summed E-state index contributed by atoms with van der Waals surface area (Å²) >= 11 is 2.90. The van der Waals surface area contributed by atoms with Gasteiger partial charge in [-0.25, -0.2) is 4.98 Å². The van der Waals surface area contributed by atoms with Crippen molar-refractivity contribution in [2.45, 2.75) is 19.8 Å². The Hall–Kier alpha value is -2.52. The molecule has 1 saturated heterocycles. The highest BCUT2D eigenvalue weighted by atomic mass is 32.1. The Balaban J connectivity index is 1.26. The summed E-state index contributed by atoms with van der Waals surface area (Å²) in [7, 11) is 0. The number of fused-ring (bicyclic) bond motifs is 1. The van der Waals surface area contributed by atoms with Crippen molar-refractivity contribution in [2.24, 2.45) is 0 Å². The Morgan fingerprint density at radius 2 is 1.93 bits per heavy atom. The van der Waals surface area contributed by atoms with Gasteiger partial charge in [0.25, 0.3) is 0 Å². The number of carbonyl (C=O) groups is 2. The van der Waals surface area contributed by atoms with Crippen LogP contribution in [0.1, 0.15) is 18.5 Å². The first-order valence-corrected chi connectivity index (χ1v) is 10.8. The van der Waals surface area contributed by atoms with Crippen molar-refractivity contribution in [3.05, 3.63) is 35.3 Å². The van der Waals surface area contributed by atoms with Gasteiger partial charge in [-0.2, -0.15) is 4.37 Å². The molecule has 0 spiro atoms. The molecule has 0 aliphatic carbocycles. The number of anilines is 2. The monoisotopic (exact) mass is 415 g/mol. The van der Waals surface area contributed by atoms with Crippen LogP contribution in [-0.4, -0.2) is 52.3 Å². The van der Waals surface area contributed by atoms with Gasteiger partial charge in [0.15, 0.2) is 5.13 Å². The standard InChI is InChI=1S/C19H21N5O2S2/c1-13-12-27-19(20-13)21-16(25)6-7-17(26)23-8-10-24(11-9-23)18-14-4-2-3-5-15(14)28-22-18/h2-5,12H,6-11H2,1H3,(H,20,21,25). The number of rotatable bonds is 5. The molecule has 2 amide bonds. The first-order chi connectivity index (χ1) is 13.6. The molecule has 1 aliphatic rings. The minimum Gasteiger partial charge on any atom is -0.352 e. The van der Waals surface area contributed by atoms with E-state index in [2.05, 4.69) is 31.7 Å². The summed E-state index contributed by atoms with van der Waals surface area (Å²) < 4.78 is 5.77. The van der Waals surface area contributed by atoms with Crippen LogP contribution in [0, 0.1) is 6.92 Å². The predicted octanol–water partition coefficient (Wildman–Crippen LogP) is 3.13. The van der Waals surface area contributed by atoms with E-state index in [1.807, 2.05) is 29.3 Å². The molecule has 2 aromatic heterocycles. The third-order valence-corrected chi connectivity index (χ3v) is 6.41. The van der Waals surface area contributed by atoms with Gasteiger partial charge < -0.3 is 15.1 Å². The lowest BCUT2D eigenvalue weighted by atomic mass is 10.2. The van der Waals surface area contributed by atoms with Gasteiger partial charge in [0.1, 0.15) is 5.82 Å². The second-order valence-electron chi connectivity index (χ2n) is 6.71. The third kappa shape index (κ3) is 4.15. The number of thiazole rings is 1. The molecule has 0 unspecified atom stereocenters. The quantitative estimate of drug-likeness (QED) is 0.693. The molecule has 1 fully saturated rings. The molecule has 3 aromatic rings. The van der Waals surface area contributed by atoms with Crippen LogP contribution in [-0.2, 0) is 9.59 Å². The highest BCUT2D eigenvalue weighted by Crippen LogP contribution is 2.29. The molecule has 7 nitrogen and oxygen atoms in total. The van der Waals surface area contributed by atoms with Gasteiger partial charge in [-0.05, 0) is 30.6 Å². The summed E-state index contributed by atoms with van der Waals surface area (Å²) in [5.74, 6) is 0.856. The minimum absolute atomic E-state index is 0.0215. The van der Waals surface area contributed by atoms with E-state index in [0.29, 0.717) is 18.2 Å². The lowest BCUT2D eigenvalue weighted by Gasteiger charge is -2.35. The lowest BCUT2D eigenvalue weighted by molar-refractivity contribution is -0.133. The van der Waals surface area contributed by atoms with Crippen molar-refractivity contribution in [1.29, 1.82) is 0 Å². The zero-order chi connectivity index (χ0) is 19.5. The van der Waals surface area contributed by atoms with Crippen molar-refractivity contribution in [3.8, 4) is 0 Å². The normalized spacial score (nSPS) is 14.5. The fourth-order valence-electron chi connectivity index (χ4n) is 3.24. The van der Waals surface area contributed by atoms with Crippen LogP contribution in [0.25, 0.3) is 10.1 Å². The topological polar surface area (TPSA) is 78.4 Å². The number of piperazine rings is 1. The first-order valence-electron chi connectivity index (χ1n) is 9.19. The largest absolute Gasteiger partial charge is 0.352 e. The maximum atomic E-state index is 12.5. The average Bonchev–Trinajstić information content (AvgIpc) is 3.32. The molecular weight excluding hydrogens is 394 g/mol. The first kappa shape index (κ1) is 18.8. The summed E-state index contributed by atoms with van der Waals surface area (Å²) in [6.07, 6.45) is 0.393. The minimum atomic E-state index is -0.171. The third-order valence-electron chi connectivity index (χ3n) is 4.72. The number of aryl methyl sites for hydroxylation is 1. The summed E-state index contributed by atoms with van der Waals surface area (Å²) in [6.45, 7) is 4.69. The van der Waals surface area contributed by atoms with E-state index in [4.69, 9.17) is 0 Å². The van der Waals surface area contributed by atoms with Crippen molar-refractivity contribution in [2.75, 3.05) is 36.4 Å². The molecular formula is C19H21N5O2S2. The summed E-state index contributed by atoms with van der Waals surface area (Å²) in [4.78, 5) is 32.8. The van der Waals surface area contributed by atoms with Crippen molar-refractivity contribution >= 4 is 55.7 Å². The summed E-state index contributed by atoms with van der Waals surface area (Å²) in [5.41, 5.74) is 0.877. The molecule has 0 radical (unpaired) electrons. The van der Waals surface area contributed by atoms with Gasteiger partial charge in [0, 0.05) is 49.8 Å². The lowest BCUT2D eigenvalue weighted by Crippen LogP contribution is -2.49. The number of benzene rings is 1. The van der Waals surface area contributed by atoms with E-state index < -0.39 is 0 Å². The van der Waals surface area contributed by atoms with E-state index >= 15 is 0 Å². The predicted molar refractivity (Wildman–Crippen MR) is 113 cm³/mol. The molecule has 0 bridgehead atoms. The Kier molecular flexibility index (Phi) is 5.54. The highest BCUT2D eigenvalue weighted by molar-refractivity contribution is 7.14. The molecule has 1 aromatic carbocycles. The molecule has 0 saturated carbocycles. The molecule has 9 heteroatoms. The Bertz CT molecular complexity index is 991. The SMILES string of the molecule is Cc1csc(NC(=O)CCC(=O)N2CCN(c3nsc4ccccc34)CC2)n1. The second kappa shape index (κ2) is 8.24. The number of nitrogens with one attached hydrogen (secondary N) is 1. The second-order valence-corrected chi connectivity index (χ2v) is 8.38. The number of carbonyl (C=O) groups excluding carboxylic acids is 2. The Morgan fingerprint density at radius 1 is 1.14 bits per heavy atom. The Labute approximate surface area is 171 Å². The van der Waals surface area contributed by atoms with Crippen LogP contribution >= 0.6 is 22.9 Å². The molecule has 28 heavy (non-hydrogen) atoms. The van der Waals surface area contributed by atoms with E-state index in [1.54, 1.807) is 0 Å². The van der Waals surface area contributed by atoms with Crippen molar-refractivity contribution < 1.29 is 9.59 Å². The van der Waals surface area contributed by atoms with Crippen LogP contribution in [0.3, 0.4) is 0 Å². The molecule has 0 atom stereocenters. The van der Waals surface area contributed by atoms with Gasteiger partial charge >= 0.3 is 0 Å². The zero-order valence-electron chi connectivity index (χ0n) is 15.6. The smallest absolute Gasteiger partial charge is 0.226 e. The van der Waals surface area contributed by atoms with Crippen LogP contribution < -0.4 is 10.2 Å². The maximum absolute atomic E-state index is 12.5.